The molecule has 0 aromatic heterocycles. The third-order valence-electron chi connectivity index (χ3n) is 4.69. The topological polar surface area (TPSA) is 21.3 Å². The quantitative estimate of drug-likeness (QED) is 0.830. The van der Waals surface area contributed by atoms with Gasteiger partial charge >= 0.3 is 0 Å². The lowest BCUT2D eigenvalue weighted by Gasteiger charge is -2.30. The number of methoxy groups -OCH3 is 1. The van der Waals surface area contributed by atoms with E-state index in [1.165, 1.54) is 18.4 Å². The summed E-state index contributed by atoms with van der Waals surface area (Å²) in [5.74, 6) is 2.42. The van der Waals surface area contributed by atoms with E-state index in [9.17, 15) is 0 Å². The SMILES string of the molecule is COc1ccc(C(NCC(C)C(C)(C)C)C2CC2)cc1. The third kappa shape index (κ3) is 3.99. The molecule has 2 unspecified atom stereocenters. The molecule has 0 amide bonds. The monoisotopic (exact) mass is 275 g/mol. The van der Waals surface area contributed by atoms with Crippen LogP contribution in [0.25, 0.3) is 0 Å². The Kier molecular flexibility index (Phi) is 4.74. The van der Waals surface area contributed by atoms with Crippen molar-refractivity contribution in [3.8, 4) is 5.75 Å². The Labute approximate surface area is 123 Å². The van der Waals surface area contributed by atoms with Gasteiger partial charge in [0.2, 0.25) is 0 Å². The van der Waals surface area contributed by atoms with Gasteiger partial charge in [0.05, 0.1) is 7.11 Å². The van der Waals surface area contributed by atoms with Gasteiger partial charge in [-0.2, -0.15) is 0 Å². The Bertz CT molecular complexity index is 414. The van der Waals surface area contributed by atoms with E-state index in [1.807, 2.05) is 0 Å². The van der Waals surface area contributed by atoms with Crippen molar-refractivity contribution in [3.63, 3.8) is 0 Å². The predicted octanol–water partition coefficient (Wildman–Crippen LogP) is 4.42. The molecule has 2 atom stereocenters. The molecule has 20 heavy (non-hydrogen) atoms. The molecule has 112 valence electrons. The molecule has 2 nitrogen and oxygen atoms in total. The van der Waals surface area contributed by atoms with Gasteiger partial charge in [-0.3, -0.25) is 0 Å². The zero-order chi connectivity index (χ0) is 14.8. The van der Waals surface area contributed by atoms with Gasteiger partial charge in [0.25, 0.3) is 0 Å². The fourth-order valence-electron chi connectivity index (χ4n) is 2.41. The zero-order valence-corrected chi connectivity index (χ0v) is 13.6. The maximum absolute atomic E-state index is 5.25. The minimum Gasteiger partial charge on any atom is -0.497 e. The number of nitrogens with one attached hydrogen (secondary N) is 1. The standard InChI is InChI=1S/C18H29NO/c1-13(18(2,3)4)12-19-17(14-6-7-14)15-8-10-16(20-5)11-9-15/h8-11,13-14,17,19H,6-7,12H2,1-5H3. The second-order valence-corrected chi connectivity index (χ2v) is 7.26. The van der Waals surface area contributed by atoms with E-state index < -0.39 is 0 Å². The lowest BCUT2D eigenvalue weighted by Crippen LogP contribution is -2.33. The van der Waals surface area contributed by atoms with Crippen LogP contribution in [0.4, 0.5) is 0 Å². The average molecular weight is 275 g/mol. The molecule has 0 aliphatic heterocycles. The maximum Gasteiger partial charge on any atom is 0.118 e. The molecule has 1 aromatic carbocycles. The van der Waals surface area contributed by atoms with Crippen LogP contribution in [0.3, 0.4) is 0 Å². The molecule has 1 fully saturated rings. The highest BCUT2D eigenvalue weighted by Gasteiger charge is 2.33. The molecule has 0 saturated heterocycles. The first kappa shape index (κ1) is 15.4. The Balaban J connectivity index is 2.00. The largest absolute Gasteiger partial charge is 0.497 e. The molecule has 1 saturated carbocycles. The lowest BCUT2D eigenvalue weighted by molar-refractivity contribution is 0.242. The van der Waals surface area contributed by atoms with Crippen molar-refractivity contribution in [2.75, 3.05) is 13.7 Å². The number of hydrogen-bond acceptors (Lipinski definition) is 2. The summed E-state index contributed by atoms with van der Waals surface area (Å²) in [5.41, 5.74) is 1.76. The van der Waals surface area contributed by atoms with Crippen molar-refractivity contribution < 1.29 is 4.74 Å². The van der Waals surface area contributed by atoms with Crippen molar-refractivity contribution in [1.29, 1.82) is 0 Å². The fraction of sp³-hybridized carbons (Fsp3) is 0.667. The molecule has 0 spiro atoms. The summed E-state index contributed by atoms with van der Waals surface area (Å²) in [4.78, 5) is 0. The van der Waals surface area contributed by atoms with Crippen molar-refractivity contribution in [2.24, 2.45) is 17.3 Å². The molecule has 1 N–H and O–H groups in total. The van der Waals surface area contributed by atoms with Crippen LogP contribution in [0, 0.1) is 17.3 Å². The van der Waals surface area contributed by atoms with Crippen LogP contribution < -0.4 is 10.1 Å². The zero-order valence-electron chi connectivity index (χ0n) is 13.6. The predicted molar refractivity (Wildman–Crippen MR) is 85.1 cm³/mol. The van der Waals surface area contributed by atoms with E-state index in [0.29, 0.717) is 17.4 Å². The summed E-state index contributed by atoms with van der Waals surface area (Å²) in [6, 6.07) is 9.05. The van der Waals surface area contributed by atoms with Crippen LogP contribution in [0.15, 0.2) is 24.3 Å². The molecule has 0 radical (unpaired) electrons. The van der Waals surface area contributed by atoms with E-state index in [1.54, 1.807) is 7.11 Å². The van der Waals surface area contributed by atoms with Crippen LogP contribution >= 0.6 is 0 Å². The first-order valence-electron chi connectivity index (χ1n) is 7.79. The van der Waals surface area contributed by atoms with Crippen LogP contribution in [-0.2, 0) is 0 Å². The van der Waals surface area contributed by atoms with Gasteiger partial charge < -0.3 is 10.1 Å². The van der Waals surface area contributed by atoms with E-state index in [0.717, 1.165) is 18.2 Å². The number of ether oxygens (including phenoxy) is 1. The second-order valence-electron chi connectivity index (χ2n) is 7.26. The molecule has 0 heterocycles. The van der Waals surface area contributed by atoms with Gasteiger partial charge in [0, 0.05) is 6.04 Å². The molecule has 2 heteroatoms. The first-order valence-corrected chi connectivity index (χ1v) is 7.79. The molecular formula is C18H29NO. The van der Waals surface area contributed by atoms with Crippen molar-refractivity contribution in [1.82, 2.24) is 5.32 Å². The summed E-state index contributed by atoms with van der Waals surface area (Å²) >= 11 is 0. The van der Waals surface area contributed by atoms with Gasteiger partial charge in [-0.05, 0) is 54.3 Å². The fourth-order valence-corrected chi connectivity index (χ4v) is 2.41. The van der Waals surface area contributed by atoms with Gasteiger partial charge in [-0.25, -0.2) is 0 Å². The normalized spacial score (nSPS) is 18.6. The number of hydrogen-bond donors (Lipinski definition) is 1. The molecule has 2 rings (SSSR count). The molecular weight excluding hydrogens is 246 g/mol. The Morgan fingerprint density at radius 2 is 1.80 bits per heavy atom. The van der Waals surface area contributed by atoms with Crippen molar-refractivity contribution in [2.45, 2.75) is 46.6 Å². The van der Waals surface area contributed by atoms with E-state index in [2.05, 4.69) is 57.3 Å². The second kappa shape index (κ2) is 6.17. The van der Waals surface area contributed by atoms with Crippen LogP contribution in [0.5, 0.6) is 5.75 Å². The summed E-state index contributed by atoms with van der Waals surface area (Å²) in [7, 11) is 1.72. The minimum atomic E-state index is 0.362. The molecule has 1 aliphatic carbocycles. The summed E-state index contributed by atoms with van der Waals surface area (Å²) in [6.07, 6.45) is 2.71. The van der Waals surface area contributed by atoms with E-state index in [-0.39, 0.29) is 0 Å². The van der Waals surface area contributed by atoms with E-state index >= 15 is 0 Å². The van der Waals surface area contributed by atoms with Gasteiger partial charge in [-0.1, -0.05) is 39.8 Å². The summed E-state index contributed by atoms with van der Waals surface area (Å²) in [6.45, 7) is 10.4. The first-order chi connectivity index (χ1) is 9.41. The Morgan fingerprint density at radius 1 is 1.20 bits per heavy atom. The smallest absolute Gasteiger partial charge is 0.118 e. The number of rotatable bonds is 6. The van der Waals surface area contributed by atoms with Crippen LogP contribution in [0.1, 0.15) is 52.1 Å². The van der Waals surface area contributed by atoms with Gasteiger partial charge in [-0.15, -0.1) is 0 Å². The van der Waals surface area contributed by atoms with Gasteiger partial charge in [0.1, 0.15) is 5.75 Å². The van der Waals surface area contributed by atoms with Crippen molar-refractivity contribution >= 4 is 0 Å². The van der Waals surface area contributed by atoms with Gasteiger partial charge in [0.15, 0.2) is 0 Å². The van der Waals surface area contributed by atoms with E-state index in [4.69, 9.17) is 4.74 Å². The average Bonchev–Trinajstić information content (AvgIpc) is 3.23. The summed E-state index contributed by atoms with van der Waals surface area (Å²) in [5, 5.41) is 3.80. The van der Waals surface area contributed by atoms with Crippen LogP contribution in [-0.4, -0.2) is 13.7 Å². The number of benzene rings is 1. The highest BCUT2D eigenvalue weighted by atomic mass is 16.5. The van der Waals surface area contributed by atoms with Crippen molar-refractivity contribution in [3.05, 3.63) is 29.8 Å². The third-order valence-corrected chi connectivity index (χ3v) is 4.69. The Morgan fingerprint density at radius 3 is 2.25 bits per heavy atom. The molecule has 0 bridgehead atoms. The van der Waals surface area contributed by atoms with Crippen LogP contribution in [0.2, 0.25) is 0 Å². The minimum absolute atomic E-state index is 0.362. The maximum atomic E-state index is 5.25. The molecule has 1 aromatic rings. The Hall–Kier alpha value is -1.02. The molecule has 1 aliphatic rings. The lowest BCUT2D eigenvalue weighted by atomic mass is 9.82. The highest BCUT2D eigenvalue weighted by molar-refractivity contribution is 5.30. The summed E-state index contributed by atoms with van der Waals surface area (Å²) < 4.78 is 5.25. The highest BCUT2D eigenvalue weighted by Crippen LogP contribution is 2.41.